The summed E-state index contributed by atoms with van der Waals surface area (Å²) in [4.78, 5) is 0. The van der Waals surface area contributed by atoms with Crippen LogP contribution >= 0.6 is 0 Å². The third kappa shape index (κ3) is 3.39. The first-order chi connectivity index (χ1) is 12.0. The van der Waals surface area contributed by atoms with Gasteiger partial charge in [0.05, 0.1) is 6.61 Å². The van der Waals surface area contributed by atoms with Crippen molar-refractivity contribution in [3.63, 3.8) is 0 Å². The Bertz CT molecular complexity index is 1230. The molecule has 26 heavy (non-hydrogen) atoms. The molecule has 4 nitrogen and oxygen atoms in total. The molecule has 0 amide bonds. The van der Waals surface area contributed by atoms with Crippen molar-refractivity contribution in [2.24, 2.45) is 0 Å². The third-order valence-electron chi connectivity index (χ3n) is 4.64. The molecule has 0 bridgehead atoms. The molecule has 0 aliphatic heterocycles. The number of hydrogen-bond donors (Lipinski definition) is 1. The summed E-state index contributed by atoms with van der Waals surface area (Å²) in [5.74, 6) is 0. The van der Waals surface area contributed by atoms with E-state index in [2.05, 4.69) is 19.1 Å². The number of fused-ring (bicyclic) bond motifs is 4. The van der Waals surface area contributed by atoms with Crippen molar-refractivity contribution < 1.29 is 17.2 Å². The Kier molecular flexibility index (Phi) is 5.40. The Balaban J connectivity index is 0.00000196. The zero-order chi connectivity index (χ0) is 17.6. The van der Waals surface area contributed by atoms with Gasteiger partial charge in [-0.25, -0.2) is 4.18 Å². The molecule has 0 aliphatic carbocycles. The van der Waals surface area contributed by atoms with Crippen molar-refractivity contribution in [3.05, 3.63) is 71.8 Å². The molecular formula is C20H16NaO4S. The zero-order valence-electron chi connectivity index (χ0n) is 14.6. The van der Waals surface area contributed by atoms with Gasteiger partial charge in [0.1, 0.15) is 0 Å². The molecule has 0 fully saturated rings. The minimum absolute atomic E-state index is 0. The summed E-state index contributed by atoms with van der Waals surface area (Å²) >= 11 is 0. The number of aryl methyl sites for hydroxylation is 1. The van der Waals surface area contributed by atoms with Crippen LogP contribution in [-0.4, -0.2) is 42.5 Å². The Morgan fingerprint density at radius 2 is 1.46 bits per heavy atom. The van der Waals surface area contributed by atoms with E-state index in [1.165, 1.54) is 0 Å². The van der Waals surface area contributed by atoms with Gasteiger partial charge in [0.2, 0.25) is 0 Å². The first-order valence-corrected chi connectivity index (χ1v) is 9.26. The van der Waals surface area contributed by atoms with E-state index < -0.39 is 10.4 Å². The summed E-state index contributed by atoms with van der Waals surface area (Å²) in [7, 11) is -4.51. The fraction of sp³-hybridized carbons (Fsp3) is 0.100. The molecule has 4 aromatic rings. The van der Waals surface area contributed by atoms with Gasteiger partial charge in [-0.05, 0) is 50.4 Å². The minimum Gasteiger partial charge on any atom is -0.264 e. The molecule has 4 aromatic carbocycles. The Hall–Kier alpha value is -1.47. The Labute approximate surface area is 174 Å². The Morgan fingerprint density at radius 3 is 2.15 bits per heavy atom. The summed E-state index contributed by atoms with van der Waals surface area (Å²) in [5.41, 5.74) is 1.89. The van der Waals surface area contributed by atoms with Crippen LogP contribution < -0.4 is 0 Å². The van der Waals surface area contributed by atoms with Crippen LogP contribution in [0.3, 0.4) is 0 Å². The van der Waals surface area contributed by atoms with E-state index in [1.54, 1.807) is 0 Å². The molecule has 0 aliphatic rings. The van der Waals surface area contributed by atoms with Gasteiger partial charge in [-0.1, -0.05) is 60.7 Å². The van der Waals surface area contributed by atoms with Gasteiger partial charge in [-0.2, -0.15) is 8.42 Å². The maximum atomic E-state index is 11.1. The van der Waals surface area contributed by atoms with Gasteiger partial charge >= 0.3 is 10.4 Å². The molecule has 0 heterocycles. The molecule has 1 radical (unpaired) electrons. The maximum Gasteiger partial charge on any atom is 0.397 e. The molecule has 0 unspecified atom stereocenters. The van der Waals surface area contributed by atoms with E-state index in [9.17, 15) is 8.42 Å². The van der Waals surface area contributed by atoms with Gasteiger partial charge < -0.3 is 0 Å². The molecule has 127 valence electrons. The average molecular weight is 375 g/mol. The predicted molar refractivity (Wildman–Crippen MR) is 106 cm³/mol. The first kappa shape index (κ1) is 19.3. The van der Waals surface area contributed by atoms with E-state index in [0.717, 1.165) is 43.4 Å². The van der Waals surface area contributed by atoms with Crippen molar-refractivity contribution in [3.8, 4) is 0 Å². The van der Waals surface area contributed by atoms with E-state index in [-0.39, 0.29) is 36.2 Å². The summed E-state index contributed by atoms with van der Waals surface area (Å²) in [6, 6.07) is 19.9. The average Bonchev–Trinajstić information content (AvgIpc) is 2.60. The summed E-state index contributed by atoms with van der Waals surface area (Å²) in [6.07, 6.45) is 0. The van der Waals surface area contributed by atoms with Crippen molar-refractivity contribution in [2.75, 3.05) is 0 Å². The van der Waals surface area contributed by atoms with Gasteiger partial charge in [0.15, 0.2) is 0 Å². The molecule has 0 saturated heterocycles. The monoisotopic (exact) mass is 375 g/mol. The SMILES string of the molecule is Cc1c2ccccc2c(COS(=O)(=O)O)c2ccc3ccccc3c12.[Na]. The normalized spacial score (nSPS) is 11.8. The molecule has 0 atom stereocenters. The molecule has 0 spiro atoms. The smallest absolute Gasteiger partial charge is 0.264 e. The minimum atomic E-state index is -4.51. The second-order valence-corrected chi connectivity index (χ2v) is 7.14. The van der Waals surface area contributed by atoms with Crippen LogP contribution in [0.4, 0.5) is 0 Å². The molecule has 6 heteroatoms. The zero-order valence-corrected chi connectivity index (χ0v) is 17.4. The van der Waals surface area contributed by atoms with Crippen LogP contribution in [-0.2, 0) is 21.2 Å². The standard InChI is InChI=1S/C20H16O4S.Na/c1-13-15-7-4-5-9-17(15)19(12-24-25(21,22)23)18-11-10-14-6-2-3-8-16(14)20(13)18;/h2-11H,12H2,1H3,(H,21,22,23);. The van der Waals surface area contributed by atoms with E-state index >= 15 is 0 Å². The second kappa shape index (κ2) is 7.27. The van der Waals surface area contributed by atoms with Crippen LogP contribution in [0.5, 0.6) is 0 Å². The third-order valence-corrected chi connectivity index (χ3v) is 5.05. The van der Waals surface area contributed by atoms with Crippen LogP contribution in [0, 0.1) is 6.92 Å². The number of benzene rings is 4. The fourth-order valence-electron chi connectivity index (χ4n) is 3.57. The topological polar surface area (TPSA) is 63.6 Å². The molecule has 4 rings (SSSR count). The first-order valence-electron chi connectivity index (χ1n) is 7.89. The summed E-state index contributed by atoms with van der Waals surface area (Å²) in [5, 5.41) is 6.20. The Morgan fingerprint density at radius 1 is 0.846 bits per heavy atom. The van der Waals surface area contributed by atoms with Crippen LogP contribution in [0.1, 0.15) is 11.1 Å². The molecular weight excluding hydrogens is 359 g/mol. The van der Waals surface area contributed by atoms with Crippen molar-refractivity contribution in [1.29, 1.82) is 0 Å². The molecule has 1 N–H and O–H groups in total. The van der Waals surface area contributed by atoms with E-state index in [1.807, 2.05) is 48.5 Å². The molecule has 0 saturated carbocycles. The predicted octanol–water partition coefficient (Wildman–Crippen LogP) is 4.39. The van der Waals surface area contributed by atoms with Crippen molar-refractivity contribution in [1.82, 2.24) is 0 Å². The summed E-state index contributed by atoms with van der Waals surface area (Å²) in [6.45, 7) is 1.86. The van der Waals surface area contributed by atoms with Crippen molar-refractivity contribution >= 4 is 72.3 Å². The van der Waals surface area contributed by atoms with Crippen molar-refractivity contribution in [2.45, 2.75) is 13.5 Å². The van der Waals surface area contributed by atoms with E-state index in [0.29, 0.717) is 0 Å². The second-order valence-electron chi connectivity index (χ2n) is 6.05. The fourth-order valence-corrected chi connectivity index (χ4v) is 3.84. The number of hydrogen-bond acceptors (Lipinski definition) is 3. The van der Waals surface area contributed by atoms with Gasteiger partial charge in [0.25, 0.3) is 0 Å². The van der Waals surface area contributed by atoms with Crippen LogP contribution in [0.2, 0.25) is 0 Å². The van der Waals surface area contributed by atoms with E-state index in [4.69, 9.17) is 8.74 Å². The maximum absolute atomic E-state index is 11.1. The van der Waals surface area contributed by atoms with Gasteiger partial charge in [-0.3, -0.25) is 4.55 Å². The van der Waals surface area contributed by atoms with Crippen LogP contribution in [0.15, 0.2) is 60.7 Å². The summed E-state index contributed by atoms with van der Waals surface area (Å²) < 4.78 is 35.9. The number of rotatable bonds is 3. The largest absolute Gasteiger partial charge is 0.397 e. The van der Waals surface area contributed by atoms with Gasteiger partial charge in [-0.15, -0.1) is 0 Å². The van der Waals surface area contributed by atoms with Crippen LogP contribution in [0.25, 0.3) is 32.3 Å². The van der Waals surface area contributed by atoms with Gasteiger partial charge in [0, 0.05) is 29.6 Å². The molecule has 0 aromatic heterocycles. The quantitative estimate of drug-likeness (QED) is 0.250.